The van der Waals surface area contributed by atoms with Gasteiger partial charge in [-0.15, -0.1) is 5.10 Å². The van der Waals surface area contributed by atoms with Gasteiger partial charge in [-0.2, -0.15) is 0 Å². The number of carbonyl (C=O) groups excluding carboxylic acids is 1. The van der Waals surface area contributed by atoms with Crippen LogP contribution in [0.2, 0.25) is 0 Å². The Morgan fingerprint density at radius 1 is 1.33 bits per heavy atom. The molecule has 110 valence electrons. The molecule has 0 bridgehead atoms. The molecular formula is C12H14N6O3. The molecule has 9 heteroatoms. The number of nitro benzene ring substituents is 1. The van der Waals surface area contributed by atoms with Gasteiger partial charge in [-0.25, -0.2) is 4.68 Å². The summed E-state index contributed by atoms with van der Waals surface area (Å²) in [7, 11) is 0. The van der Waals surface area contributed by atoms with Crippen LogP contribution in [0.4, 0.5) is 5.69 Å². The largest absolute Gasteiger partial charge is 0.368 e. The van der Waals surface area contributed by atoms with Gasteiger partial charge < -0.3 is 11.1 Å². The van der Waals surface area contributed by atoms with E-state index >= 15 is 0 Å². The highest BCUT2D eigenvalue weighted by Gasteiger charge is 2.05. The zero-order valence-electron chi connectivity index (χ0n) is 11.1. The van der Waals surface area contributed by atoms with Crippen LogP contribution in [0.25, 0.3) is 0 Å². The van der Waals surface area contributed by atoms with Crippen molar-refractivity contribution in [1.29, 1.82) is 0 Å². The lowest BCUT2D eigenvalue weighted by Gasteiger charge is -2.02. The quantitative estimate of drug-likeness (QED) is 0.543. The molecule has 0 saturated heterocycles. The van der Waals surface area contributed by atoms with Gasteiger partial charge >= 0.3 is 0 Å². The van der Waals surface area contributed by atoms with Gasteiger partial charge in [-0.05, 0) is 5.56 Å². The fourth-order valence-electron chi connectivity index (χ4n) is 1.73. The molecule has 1 aromatic heterocycles. The molecule has 1 heterocycles. The predicted octanol–water partition coefficient (Wildman–Crippen LogP) is -0.0386. The van der Waals surface area contributed by atoms with Crippen LogP contribution in [0.3, 0.4) is 0 Å². The normalized spacial score (nSPS) is 10.5. The highest BCUT2D eigenvalue weighted by Crippen LogP contribution is 2.11. The zero-order valence-corrected chi connectivity index (χ0v) is 11.1. The summed E-state index contributed by atoms with van der Waals surface area (Å²) in [6, 6.07) is 6.30. The van der Waals surface area contributed by atoms with E-state index in [1.165, 1.54) is 16.8 Å². The lowest BCUT2D eigenvalue weighted by Crippen LogP contribution is -2.19. The third kappa shape index (κ3) is 4.35. The Morgan fingerprint density at radius 2 is 2.05 bits per heavy atom. The number of rotatable bonds is 7. The summed E-state index contributed by atoms with van der Waals surface area (Å²) in [6.45, 7) is 1.01. The van der Waals surface area contributed by atoms with E-state index < -0.39 is 10.8 Å². The van der Waals surface area contributed by atoms with Crippen molar-refractivity contribution in [3.05, 3.63) is 51.8 Å². The van der Waals surface area contributed by atoms with Gasteiger partial charge in [0.15, 0.2) is 0 Å². The molecule has 1 amide bonds. The van der Waals surface area contributed by atoms with Crippen LogP contribution < -0.4 is 11.1 Å². The van der Waals surface area contributed by atoms with E-state index in [1.54, 1.807) is 18.3 Å². The number of hydrogen-bond donors (Lipinski definition) is 2. The smallest absolute Gasteiger partial charge is 0.269 e. The van der Waals surface area contributed by atoms with Crippen molar-refractivity contribution in [3.8, 4) is 0 Å². The maximum atomic E-state index is 10.7. The molecule has 2 aromatic rings. The monoisotopic (exact) mass is 290 g/mol. The summed E-state index contributed by atoms with van der Waals surface area (Å²) in [5.74, 6) is -0.481. The van der Waals surface area contributed by atoms with Gasteiger partial charge in [0.1, 0.15) is 6.54 Å². The standard InChI is InChI=1S/C12H14N6O3/c13-12(19)8-17-7-10(15-16-17)6-14-5-9-1-3-11(4-2-9)18(20)21/h1-4,7,14H,5-6,8H2,(H2,13,19). The minimum Gasteiger partial charge on any atom is -0.368 e. The fraction of sp³-hybridized carbons (Fsp3) is 0.250. The van der Waals surface area contributed by atoms with Crippen LogP contribution in [0, 0.1) is 10.1 Å². The molecule has 0 atom stereocenters. The van der Waals surface area contributed by atoms with Gasteiger partial charge in [0.05, 0.1) is 16.8 Å². The number of nitrogens with zero attached hydrogens (tertiary/aromatic N) is 4. The minimum atomic E-state index is -0.481. The molecule has 0 aliphatic carbocycles. The van der Waals surface area contributed by atoms with Crippen LogP contribution in [0.5, 0.6) is 0 Å². The number of amides is 1. The molecule has 0 aliphatic heterocycles. The SMILES string of the molecule is NC(=O)Cn1cc(CNCc2ccc([N+](=O)[O-])cc2)nn1. The topological polar surface area (TPSA) is 129 Å². The predicted molar refractivity (Wildman–Crippen MR) is 72.9 cm³/mol. The number of primary amides is 1. The van der Waals surface area contributed by atoms with Gasteiger partial charge in [-0.1, -0.05) is 17.3 Å². The van der Waals surface area contributed by atoms with Gasteiger partial charge in [0.25, 0.3) is 5.69 Å². The van der Waals surface area contributed by atoms with E-state index in [9.17, 15) is 14.9 Å². The summed E-state index contributed by atoms with van der Waals surface area (Å²) >= 11 is 0. The third-order valence-electron chi connectivity index (χ3n) is 2.69. The summed E-state index contributed by atoms with van der Waals surface area (Å²) in [5, 5.41) is 21.3. The second kappa shape index (κ2) is 6.57. The lowest BCUT2D eigenvalue weighted by molar-refractivity contribution is -0.384. The van der Waals surface area contributed by atoms with Crippen molar-refractivity contribution >= 4 is 11.6 Å². The molecule has 21 heavy (non-hydrogen) atoms. The first-order valence-electron chi connectivity index (χ1n) is 6.16. The molecule has 0 fully saturated rings. The van der Waals surface area contributed by atoms with Crippen molar-refractivity contribution in [1.82, 2.24) is 20.3 Å². The Kier molecular flexibility index (Phi) is 4.57. The van der Waals surface area contributed by atoms with E-state index in [0.717, 1.165) is 5.56 Å². The Bertz CT molecular complexity index is 637. The first-order valence-corrected chi connectivity index (χ1v) is 6.16. The Hall–Kier alpha value is -2.81. The maximum Gasteiger partial charge on any atom is 0.269 e. The number of nitro groups is 1. The van der Waals surface area contributed by atoms with Crippen LogP contribution in [-0.2, 0) is 24.4 Å². The number of aromatic nitrogens is 3. The summed E-state index contributed by atoms with van der Waals surface area (Å²) in [5.41, 5.74) is 6.72. The molecule has 3 N–H and O–H groups in total. The highest BCUT2D eigenvalue weighted by molar-refractivity contribution is 5.73. The van der Waals surface area contributed by atoms with Crippen molar-refractivity contribution < 1.29 is 9.72 Å². The third-order valence-corrected chi connectivity index (χ3v) is 2.69. The van der Waals surface area contributed by atoms with Crippen molar-refractivity contribution in [2.45, 2.75) is 19.6 Å². The van der Waals surface area contributed by atoms with E-state index in [0.29, 0.717) is 18.8 Å². The van der Waals surface area contributed by atoms with Crippen molar-refractivity contribution in [3.63, 3.8) is 0 Å². The second-order valence-electron chi connectivity index (χ2n) is 4.40. The molecule has 9 nitrogen and oxygen atoms in total. The Balaban J connectivity index is 1.82. The summed E-state index contributed by atoms with van der Waals surface area (Å²) in [6.07, 6.45) is 1.63. The van der Waals surface area contributed by atoms with Crippen LogP contribution in [0.1, 0.15) is 11.3 Å². The lowest BCUT2D eigenvalue weighted by atomic mass is 10.2. The molecule has 0 unspecified atom stereocenters. The molecule has 2 rings (SSSR count). The molecule has 0 radical (unpaired) electrons. The average Bonchev–Trinajstić information content (AvgIpc) is 2.86. The van der Waals surface area contributed by atoms with E-state index in [1.807, 2.05) is 0 Å². The number of carbonyl (C=O) groups is 1. The van der Waals surface area contributed by atoms with Crippen LogP contribution in [0.15, 0.2) is 30.5 Å². The first kappa shape index (κ1) is 14.6. The second-order valence-corrected chi connectivity index (χ2v) is 4.40. The molecule has 0 aliphatic rings. The van der Waals surface area contributed by atoms with E-state index in [2.05, 4.69) is 15.6 Å². The van der Waals surface area contributed by atoms with E-state index in [4.69, 9.17) is 5.73 Å². The molecular weight excluding hydrogens is 276 g/mol. The number of nitrogens with one attached hydrogen (secondary N) is 1. The highest BCUT2D eigenvalue weighted by atomic mass is 16.6. The van der Waals surface area contributed by atoms with Crippen molar-refractivity contribution in [2.75, 3.05) is 0 Å². The number of hydrogen-bond acceptors (Lipinski definition) is 6. The van der Waals surface area contributed by atoms with Gasteiger partial charge in [-0.3, -0.25) is 14.9 Å². The fourth-order valence-corrected chi connectivity index (χ4v) is 1.73. The molecule has 1 aromatic carbocycles. The van der Waals surface area contributed by atoms with Crippen LogP contribution in [-0.4, -0.2) is 25.8 Å². The number of non-ortho nitro benzene ring substituents is 1. The van der Waals surface area contributed by atoms with Crippen molar-refractivity contribution in [2.24, 2.45) is 5.73 Å². The Labute approximate surface area is 119 Å². The molecule has 0 saturated carbocycles. The number of nitrogens with two attached hydrogens (primary N) is 1. The van der Waals surface area contributed by atoms with Gasteiger partial charge in [0, 0.05) is 25.2 Å². The minimum absolute atomic E-state index is 0.00461. The number of benzene rings is 1. The summed E-state index contributed by atoms with van der Waals surface area (Å²) in [4.78, 5) is 20.8. The maximum absolute atomic E-state index is 10.7. The average molecular weight is 290 g/mol. The summed E-state index contributed by atoms with van der Waals surface area (Å²) < 4.78 is 1.37. The van der Waals surface area contributed by atoms with Gasteiger partial charge in [0.2, 0.25) is 5.91 Å². The first-order chi connectivity index (χ1) is 10.0. The Morgan fingerprint density at radius 3 is 2.67 bits per heavy atom. The van der Waals surface area contributed by atoms with Crippen LogP contribution >= 0.6 is 0 Å². The zero-order chi connectivity index (χ0) is 15.2. The van der Waals surface area contributed by atoms with E-state index in [-0.39, 0.29) is 12.2 Å². The molecule has 0 spiro atoms.